The first-order valence-electron chi connectivity index (χ1n) is 6.86. The number of hydrogen-bond acceptors (Lipinski definition) is 4. The lowest BCUT2D eigenvalue weighted by molar-refractivity contribution is -0.126. The van der Waals surface area contributed by atoms with Crippen LogP contribution in [-0.4, -0.2) is 47.9 Å². The van der Waals surface area contributed by atoms with Crippen molar-refractivity contribution in [3.8, 4) is 0 Å². The summed E-state index contributed by atoms with van der Waals surface area (Å²) >= 11 is 1.86. The second-order valence-corrected chi connectivity index (χ2v) is 6.36. The minimum Gasteiger partial charge on any atom is -0.394 e. The van der Waals surface area contributed by atoms with E-state index in [-0.39, 0.29) is 24.0 Å². The molecule has 4 nitrogen and oxygen atoms in total. The van der Waals surface area contributed by atoms with Gasteiger partial charge in [-0.3, -0.25) is 4.79 Å². The average molecular weight is 273 g/mol. The van der Waals surface area contributed by atoms with Gasteiger partial charge in [0, 0.05) is 18.2 Å². The molecular formula is C13H23NO3S. The zero-order valence-corrected chi connectivity index (χ0v) is 11.6. The van der Waals surface area contributed by atoms with Gasteiger partial charge in [0.25, 0.3) is 0 Å². The molecule has 18 heavy (non-hydrogen) atoms. The molecular weight excluding hydrogens is 250 g/mol. The molecule has 104 valence electrons. The minimum atomic E-state index is -0.248. The molecule has 1 heterocycles. The van der Waals surface area contributed by atoms with Crippen LogP contribution in [0.5, 0.6) is 0 Å². The maximum Gasteiger partial charge on any atom is 0.223 e. The Bertz CT molecular complexity index is 273. The fraction of sp³-hybridized carbons (Fsp3) is 0.923. The standard InChI is InChI=1S/C13H23NO3S/c15-6-7-17-13(5-8-18-10-13)9-14-12(16)11-3-1-2-4-11/h11,15H,1-10H2,(H,14,16). The maximum atomic E-state index is 12.0. The van der Waals surface area contributed by atoms with Gasteiger partial charge in [-0.2, -0.15) is 11.8 Å². The summed E-state index contributed by atoms with van der Waals surface area (Å²) in [6, 6.07) is 0. The van der Waals surface area contributed by atoms with Gasteiger partial charge in [-0.1, -0.05) is 12.8 Å². The van der Waals surface area contributed by atoms with Gasteiger partial charge in [-0.25, -0.2) is 0 Å². The number of hydrogen-bond donors (Lipinski definition) is 2. The van der Waals surface area contributed by atoms with Gasteiger partial charge >= 0.3 is 0 Å². The van der Waals surface area contributed by atoms with Gasteiger partial charge in [0.05, 0.1) is 18.8 Å². The Labute approximate surface area is 113 Å². The third kappa shape index (κ3) is 3.62. The molecule has 1 saturated carbocycles. The van der Waals surface area contributed by atoms with Crippen LogP contribution in [-0.2, 0) is 9.53 Å². The second kappa shape index (κ2) is 6.78. The van der Waals surface area contributed by atoms with Crippen LogP contribution < -0.4 is 5.32 Å². The van der Waals surface area contributed by atoms with Crippen molar-refractivity contribution in [2.75, 3.05) is 31.3 Å². The van der Waals surface area contributed by atoms with Crippen molar-refractivity contribution < 1.29 is 14.6 Å². The molecule has 0 bridgehead atoms. The van der Waals surface area contributed by atoms with E-state index in [9.17, 15) is 4.79 Å². The molecule has 1 amide bonds. The van der Waals surface area contributed by atoms with Crippen LogP contribution in [0, 0.1) is 5.92 Å². The Morgan fingerprint density at radius 1 is 1.44 bits per heavy atom. The fourth-order valence-corrected chi connectivity index (χ4v) is 4.10. The number of aliphatic hydroxyl groups is 1. The molecule has 0 aromatic heterocycles. The number of rotatable bonds is 6. The highest BCUT2D eigenvalue weighted by Crippen LogP contribution is 2.31. The van der Waals surface area contributed by atoms with Crippen LogP contribution in [0.2, 0.25) is 0 Å². The van der Waals surface area contributed by atoms with E-state index in [1.165, 1.54) is 12.8 Å². The van der Waals surface area contributed by atoms with Crippen LogP contribution in [0.25, 0.3) is 0 Å². The average Bonchev–Trinajstić information content (AvgIpc) is 3.05. The fourth-order valence-electron chi connectivity index (χ4n) is 2.74. The highest BCUT2D eigenvalue weighted by molar-refractivity contribution is 7.99. The first kappa shape index (κ1) is 14.2. The zero-order valence-electron chi connectivity index (χ0n) is 10.8. The molecule has 1 aliphatic carbocycles. The van der Waals surface area contributed by atoms with E-state index in [4.69, 9.17) is 9.84 Å². The van der Waals surface area contributed by atoms with Gasteiger partial charge in [-0.05, 0) is 25.0 Å². The summed E-state index contributed by atoms with van der Waals surface area (Å²) in [4.78, 5) is 12.0. The monoisotopic (exact) mass is 273 g/mol. The molecule has 0 aromatic carbocycles. The topological polar surface area (TPSA) is 58.6 Å². The van der Waals surface area contributed by atoms with E-state index >= 15 is 0 Å². The molecule has 1 saturated heterocycles. The predicted molar refractivity (Wildman–Crippen MR) is 72.7 cm³/mol. The third-order valence-electron chi connectivity index (χ3n) is 3.88. The smallest absolute Gasteiger partial charge is 0.223 e. The van der Waals surface area contributed by atoms with Crippen LogP contribution in [0.4, 0.5) is 0 Å². The number of ether oxygens (including phenoxy) is 1. The molecule has 2 N–H and O–H groups in total. The molecule has 1 unspecified atom stereocenters. The van der Waals surface area contributed by atoms with Crippen LogP contribution in [0.3, 0.4) is 0 Å². The summed E-state index contributed by atoms with van der Waals surface area (Å²) < 4.78 is 5.77. The Kier molecular flexibility index (Phi) is 5.33. The van der Waals surface area contributed by atoms with Gasteiger partial charge < -0.3 is 15.2 Å². The van der Waals surface area contributed by atoms with Gasteiger partial charge in [0.1, 0.15) is 0 Å². The van der Waals surface area contributed by atoms with Gasteiger partial charge in [0.15, 0.2) is 0 Å². The summed E-state index contributed by atoms with van der Waals surface area (Å²) in [5.74, 6) is 2.40. The Hall–Kier alpha value is -0.260. The number of aliphatic hydroxyl groups excluding tert-OH is 1. The number of thioether (sulfide) groups is 1. The van der Waals surface area contributed by atoms with Crippen molar-refractivity contribution in [1.82, 2.24) is 5.32 Å². The number of carbonyl (C=O) groups is 1. The first-order valence-corrected chi connectivity index (χ1v) is 8.01. The Morgan fingerprint density at radius 3 is 2.83 bits per heavy atom. The molecule has 0 aromatic rings. The molecule has 5 heteroatoms. The summed E-state index contributed by atoms with van der Waals surface area (Å²) in [5.41, 5.74) is -0.248. The second-order valence-electron chi connectivity index (χ2n) is 5.26. The lowest BCUT2D eigenvalue weighted by atomic mass is 10.0. The molecule has 1 aliphatic heterocycles. The number of amides is 1. The molecule has 0 spiro atoms. The van der Waals surface area contributed by atoms with Gasteiger partial charge in [0.2, 0.25) is 5.91 Å². The number of nitrogens with one attached hydrogen (secondary N) is 1. The Balaban J connectivity index is 1.79. The third-order valence-corrected chi connectivity index (χ3v) is 5.10. The molecule has 2 fully saturated rings. The largest absolute Gasteiger partial charge is 0.394 e. The van der Waals surface area contributed by atoms with E-state index < -0.39 is 0 Å². The van der Waals surface area contributed by atoms with Gasteiger partial charge in [-0.15, -0.1) is 0 Å². The molecule has 0 radical (unpaired) electrons. The van der Waals surface area contributed by atoms with E-state index in [1.54, 1.807) is 0 Å². The van der Waals surface area contributed by atoms with E-state index in [2.05, 4.69) is 5.32 Å². The zero-order chi connectivity index (χ0) is 12.8. The highest BCUT2D eigenvalue weighted by atomic mass is 32.2. The quantitative estimate of drug-likeness (QED) is 0.763. The van der Waals surface area contributed by atoms with E-state index in [1.807, 2.05) is 11.8 Å². The highest BCUT2D eigenvalue weighted by Gasteiger charge is 2.36. The maximum absolute atomic E-state index is 12.0. The van der Waals surface area contributed by atoms with E-state index in [0.29, 0.717) is 13.2 Å². The van der Waals surface area contributed by atoms with Crippen molar-refractivity contribution in [1.29, 1.82) is 0 Å². The van der Waals surface area contributed by atoms with E-state index in [0.717, 1.165) is 30.8 Å². The lowest BCUT2D eigenvalue weighted by Crippen LogP contribution is -2.47. The molecule has 1 atom stereocenters. The summed E-state index contributed by atoms with van der Waals surface area (Å²) in [6.07, 6.45) is 5.39. The number of carbonyl (C=O) groups excluding carboxylic acids is 1. The molecule has 2 aliphatic rings. The van der Waals surface area contributed by atoms with Crippen LogP contribution in [0.1, 0.15) is 32.1 Å². The van der Waals surface area contributed by atoms with Crippen LogP contribution in [0.15, 0.2) is 0 Å². The van der Waals surface area contributed by atoms with Crippen molar-refractivity contribution in [2.45, 2.75) is 37.7 Å². The molecule has 2 rings (SSSR count). The van der Waals surface area contributed by atoms with Crippen molar-refractivity contribution >= 4 is 17.7 Å². The van der Waals surface area contributed by atoms with Crippen molar-refractivity contribution in [3.63, 3.8) is 0 Å². The predicted octanol–water partition coefficient (Wildman–Crippen LogP) is 1.18. The lowest BCUT2D eigenvalue weighted by Gasteiger charge is -2.29. The van der Waals surface area contributed by atoms with Crippen LogP contribution >= 0.6 is 11.8 Å². The summed E-state index contributed by atoms with van der Waals surface area (Å²) in [6.45, 7) is 0.998. The van der Waals surface area contributed by atoms with Crippen molar-refractivity contribution in [3.05, 3.63) is 0 Å². The minimum absolute atomic E-state index is 0.0446. The summed E-state index contributed by atoms with van der Waals surface area (Å²) in [7, 11) is 0. The Morgan fingerprint density at radius 2 is 2.22 bits per heavy atom. The SMILES string of the molecule is O=C(NCC1(OCCO)CCSC1)C1CCCC1. The first-order chi connectivity index (χ1) is 8.76. The summed E-state index contributed by atoms with van der Waals surface area (Å²) in [5, 5.41) is 11.9. The normalized spacial score (nSPS) is 28.7. The van der Waals surface area contributed by atoms with Crippen molar-refractivity contribution in [2.24, 2.45) is 5.92 Å².